The Hall–Kier alpha value is -2.06. The molecule has 2 amide bonds. The molecule has 0 radical (unpaired) electrons. The Morgan fingerprint density at radius 2 is 1.83 bits per heavy atom. The van der Waals surface area contributed by atoms with Gasteiger partial charge in [-0.05, 0) is 38.7 Å². The smallest absolute Gasteiger partial charge is 0.330 e. The number of carbonyl (C=O) groups excluding carboxylic acids is 3. The van der Waals surface area contributed by atoms with Gasteiger partial charge in [0, 0.05) is 17.8 Å². The summed E-state index contributed by atoms with van der Waals surface area (Å²) in [5.74, 6) is -0.966. The molecule has 1 N–H and O–H groups in total. The maximum atomic E-state index is 13.7. The van der Waals surface area contributed by atoms with Crippen LogP contribution in [0.15, 0.2) is 30.3 Å². The number of nitrogens with zero attached hydrogens (tertiary/aromatic N) is 2. The zero-order chi connectivity index (χ0) is 21.5. The van der Waals surface area contributed by atoms with Crippen molar-refractivity contribution in [1.82, 2.24) is 9.80 Å². The van der Waals surface area contributed by atoms with Gasteiger partial charge in [-0.15, -0.1) is 10.0 Å². The lowest BCUT2D eigenvalue weighted by atomic mass is 9.98. The molecule has 30 heavy (non-hydrogen) atoms. The van der Waals surface area contributed by atoms with Gasteiger partial charge in [-0.2, -0.15) is 0 Å². The van der Waals surface area contributed by atoms with Crippen LogP contribution in [0.4, 0.5) is 4.79 Å². The van der Waals surface area contributed by atoms with Gasteiger partial charge in [-0.3, -0.25) is 9.59 Å². The predicted octanol–water partition coefficient (Wildman–Crippen LogP) is 2.81. The second-order valence-electron chi connectivity index (χ2n) is 8.79. The van der Waals surface area contributed by atoms with Crippen LogP contribution < -0.4 is 0 Å². The Morgan fingerprint density at radius 1 is 1.17 bits per heavy atom. The molecule has 7 nitrogen and oxygen atoms in total. The number of amides is 2. The van der Waals surface area contributed by atoms with Crippen molar-refractivity contribution in [1.29, 1.82) is 0 Å². The molecular formula is C22H30N2O5S. The number of rotatable bonds is 4. The molecule has 0 spiro atoms. The molecule has 8 heteroatoms. The zero-order valence-corrected chi connectivity index (χ0v) is 18.4. The van der Waals surface area contributed by atoms with Crippen LogP contribution in [0.5, 0.6) is 0 Å². The summed E-state index contributed by atoms with van der Waals surface area (Å²) in [5, 5.41) is 10.1. The maximum absolute atomic E-state index is 13.7. The number of hydrogen-bond donors (Lipinski definition) is 1. The molecule has 3 atom stereocenters. The number of piperidine rings is 1. The third-order valence-electron chi connectivity index (χ3n) is 6.86. The third-order valence-corrected chi connectivity index (χ3v) is 11.6. The Labute approximate surface area is 178 Å². The molecule has 164 valence electrons. The fraction of sp³-hybridized carbons (Fsp3) is 0.591. The minimum Gasteiger partial charge on any atom is -0.459 e. The number of aliphatic hydroxyl groups excluding tert-OH is 1. The zero-order valence-electron chi connectivity index (χ0n) is 17.6. The van der Waals surface area contributed by atoms with E-state index in [0.29, 0.717) is 13.1 Å². The summed E-state index contributed by atoms with van der Waals surface area (Å²) in [4.78, 5) is 42.8. The minimum atomic E-state index is -2.36. The van der Waals surface area contributed by atoms with E-state index in [0.717, 1.165) is 24.8 Å². The highest BCUT2D eigenvalue weighted by atomic mass is 32.3. The van der Waals surface area contributed by atoms with Gasteiger partial charge in [0.05, 0.1) is 17.7 Å². The highest BCUT2D eigenvalue weighted by Crippen LogP contribution is 2.74. The van der Waals surface area contributed by atoms with Gasteiger partial charge in [0.2, 0.25) is 5.91 Å². The molecule has 1 unspecified atom stereocenters. The number of likely N-dealkylation sites (tertiary alicyclic amines) is 1. The number of fused-ring (bicyclic) bond motifs is 1. The van der Waals surface area contributed by atoms with Crippen LogP contribution in [0.25, 0.3) is 0 Å². The monoisotopic (exact) mass is 434 g/mol. The van der Waals surface area contributed by atoms with E-state index < -0.39 is 32.2 Å². The number of ether oxygens (including phenoxy) is 1. The van der Waals surface area contributed by atoms with Crippen LogP contribution in [0.2, 0.25) is 0 Å². The first-order valence-corrected chi connectivity index (χ1v) is 12.4. The fourth-order valence-electron chi connectivity index (χ4n) is 5.09. The van der Waals surface area contributed by atoms with Crippen molar-refractivity contribution in [3.63, 3.8) is 0 Å². The van der Waals surface area contributed by atoms with Crippen LogP contribution in [0, 0.1) is 0 Å². The number of β-lactam (4-membered cyclic amide) rings is 1. The van der Waals surface area contributed by atoms with Gasteiger partial charge >= 0.3 is 5.97 Å². The van der Waals surface area contributed by atoms with E-state index >= 15 is 0 Å². The average Bonchev–Trinajstić information content (AvgIpc) is 2.93. The molecule has 3 aliphatic rings. The largest absolute Gasteiger partial charge is 0.459 e. The molecule has 1 aromatic rings. The fourth-order valence-corrected chi connectivity index (χ4v) is 9.40. The first kappa shape index (κ1) is 21.2. The summed E-state index contributed by atoms with van der Waals surface area (Å²) in [5.41, 5.74) is 0.860. The van der Waals surface area contributed by atoms with Gasteiger partial charge < -0.3 is 19.6 Å². The Balaban J connectivity index is 1.62. The SMILES string of the molecule is CC1(C)[C@H](C(=O)OCc2ccccc2)N2C(=O)C[C@H]2S1(CO)C(=O)N1CCCCC1. The average molecular weight is 435 g/mol. The van der Waals surface area contributed by atoms with Crippen LogP contribution in [0.3, 0.4) is 0 Å². The van der Waals surface area contributed by atoms with E-state index in [-0.39, 0.29) is 30.1 Å². The lowest BCUT2D eigenvalue weighted by molar-refractivity contribution is -0.162. The number of benzene rings is 1. The summed E-state index contributed by atoms with van der Waals surface area (Å²) < 4.78 is 4.71. The predicted molar refractivity (Wildman–Crippen MR) is 115 cm³/mol. The van der Waals surface area contributed by atoms with Crippen LogP contribution in [-0.4, -0.2) is 67.2 Å². The van der Waals surface area contributed by atoms with Crippen LogP contribution >= 0.6 is 10.0 Å². The highest BCUT2D eigenvalue weighted by molar-refractivity contribution is 8.46. The number of aliphatic hydroxyl groups is 1. The van der Waals surface area contributed by atoms with Gasteiger partial charge in [-0.25, -0.2) is 4.79 Å². The molecule has 3 aliphatic heterocycles. The Bertz CT molecular complexity index is 839. The van der Waals surface area contributed by atoms with E-state index in [4.69, 9.17) is 4.74 Å². The topological polar surface area (TPSA) is 87.1 Å². The van der Waals surface area contributed by atoms with Crippen molar-refractivity contribution in [2.45, 2.75) is 62.3 Å². The van der Waals surface area contributed by atoms with Gasteiger partial charge in [-0.1, -0.05) is 30.3 Å². The minimum absolute atomic E-state index is 0.0597. The van der Waals surface area contributed by atoms with E-state index in [1.54, 1.807) is 0 Å². The first-order chi connectivity index (χ1) is 14.3. The number of carbonyl (C=O) groups is 3. The van der Waals surface area contributed by atoms with Gasteiger partial charge in [0.15, 0.2) is 0 Å². The summed E-state index contributed by atoms with van der Waals surface area (Å²) in [6.07, 6.45) is 3.20. The maximum Gasteiger partial charge on any atom is 0.330 e. The first-order valence-electron chi connectivity index (χ1n) is 10.6. The molecule has 3 heterocycles. The molecule has 3 fully saturated rings. The molecule has 0 bridgehead atoms. The van der Waals surface area contributed by atoms with E-state index in [9.17, 15) is 19.5 Å². The van der Waals surface area contributed by atoms with Crippen molar-refractivity contribution >= 4 is 27.1 Å². The summed E-state index contributed by atoms with van der Waals surface area (Å²) in [6, 6.07) is 8.51. The number of hydrogen-bond acceptors (Lipinski definition) is 5. The van der Waals surface area contributed by atoms with Crippen molar-refractivity contribution in [2.75, 3.05) is 19.0 Å². The summed E-state index contributed by atoms with van der Waals surface area (Å²) in [6.45, 7) is 5.16. The number of esters is 1. The molecule has 0 saturated carbocycles. The van der Waals surface area contributed by atoms with E-state index in [1.165, 1.54) is 4.90 Å². The van der Waals surface area contributed by atoms with Crippen molar-refractivity contribution < 1.29 is 24.2 Å². The highest BCUT2D eigenvalue weighted by Gasteiger charge is 2.72. The van der Waals surface area contributed by atoms with Gasteiger partial charge in [0.25, 0.3) is 5.24 Å². The lowest BCUT2D eigenvalue weighted by Gasteiger charge is -2.51. The Kier molecular flexibility index (Phi) is 5.57. The molecule has 3 saturated heterocycles. The molecule has 1 aromatic carbocycles. The summed E-state index contributed by atoms with van der Waals surface area (Å²) in [7, 11) is -2.36. The van der Waals surface area contributed by atoms with Crippen molar-refractivity contribution in [2.24, 2.45) is 0 Å². The van der Waals surface area contributed by atoms with Gasteiger partial charge in [0.1, 0.15) is 12.6 Å². The standard InChI is InChI=1S/C22H30N2O5S/c1-22(2)19(20(27)29-14-16-9-5-3-6-10-16)24-17(26)13-18(24)30(22,15-25)21(28)23-11-7-4-8-12-23/h3,5-6,9-10,18-19,25H,4,7-8,11-15H2,1-2H3/t18-,19+/m1/s1. The molecular weight excluding hydrogens is 404 g/mol. The molecule has 0 aromatic heterocycles. The summed E-state index contributed by atoms with van der Waals surface area (Å²) >= 11 is 0. The van der Waals surface area contributed by atoms with E-state index in [2.05, 4.69) is 0 Å². The van der Waals surface area contributed by atoms with Crippen LogP contribution in [0.1, 0.15) is 45.1 Å². The second-order valence-corrected chi connectivity index (χ2v) is 12.6. The van der Waals surface area contributed by atoms with Crippen molar-refractivity contribution in [3.8, 4) is 0 Å². The molecule has 4 rings (SSSR count). The Morgan fingerprint density at radius 3 is 2.43 bits per heavy atom. The third kappa shape index (κ3) is 3.03. The van der Waals surface area contributed by atoms with Crippen molar-refractivity contribution in [3.05, 3.63) is 35.9 Å². The lowest BCUT2D eigenvalue weighted by Crippen LogP contribution is -2.57. The second kappa shape index (κ2) is 7.89. The van der Waals surface area contributed by atoms with E-state index in [1.807, 2.05) is 49.1 Å². The quantitative estimate of drug-likeness (QED) is 0.582. The molecule has 0 aliphatic carbocycles. The van der Waals surface area contributed by atoms with Crippen LogP contribution in [-0.2, 0) is 20.9 Å². The normalized spacial score (nSPS) is 32.0.